The number of anilines is 2. The number of hydrogen-bond acceptors (Lipinski definition) is 3. The second-order valence-corrected chi connectivity index (χ2v) is 8.70. The van der Waals surface area contributed by atoms with E-state index in [4.69, 9.17) is 0 Å². The molecule has 2 aromatic carbocycles. The molecular formula is C25H24N2O3. The molecule has 5 heteroatoms. The van der Waals surface area contributed by atoms with E-state index in [1.807, 2.05) is 39.0 Å². The summed E-state index contributed by atoms with van der Waals surface area (Å²) in [4.78, 5) is 41.0. The highest BCUT2D eigenvalue weighted by Gasteiger charge is 2.61. The van der Waals surface area contributed by atoms with Crippen molar-refractivity contribution < 1.29 is 14.4 Å². The van der Waals surface area contributed by atoms with Crippen LogP contribution in [0.15, 0.2) is 54.1 Å². The summed E-state index contributed by atoms with van der Waals surface area (Å²) in [6.07, 6.45) is 3.04. The Morgan fingerprint density at radius 3 is 2.50 bits per heavy atom. The first-order valence-electron chi connectivity index (χ1n) is 10.4. The maximum atomic E-state index is 13.3. The second kappa shape index (κ2) is 6.66. The third-order valence-corrected chi connectivity index (χ3v) is 7.12. The molecule has 1 heterocycles. The smallest absolute Gasteiger partial charge is 0.257 e. The number of carbonyl (C=O) groups is 3. The van der Waals surface area contributed by atoms with Gasteiger partial charge in [0.25, 0.3) is 5.91 Å². The van der Waals surface area contributed by atoms with E-state index in [1.54, 1.807) is 24.3 Å². The molecule has 1 saturated heterocycles. The third kappa shape index (κ3) is 2.58. The van der Waals surface area contributed by atoms with Crippen LogP contribution in [-0.2, 0) is 9.59 Å². The first kappa shape index (κ1) is 18.8. The van der Waals surface area contributed by atoms with Crippen molar-refractivity contribution in [3.05, 3.63) is 70.8 Å². The molecule has 1 saturated carbocycles. The predicted octanol–water partition coefficient (Wildman–Crippen LogP) is 4.26. The normalized spacial score (nSPS) is 26.8. The molecule has 1 N–H and O–H groups in total. The van der Waals surface area contributed by atoms with E-state index < -0.39 is 0 Å². The lowest BCUT2D eigenvalue weighted by Gasteiger charge is -2.21. The average Bonchev–Trinajstić information content (AvgIpc) is 3.36. The van der Waals surface area contributed by atoms with Gasteiger partial charge in [-0.05, 0) is 68.4 Å². The Kier molecular flexibility index (Phi) is 4.17. The molecule has 4 atom stereocenters. The Morgan fingerprint density at radius 1 is 0.967 bits per heavy atom. The van der Waals surface area contributed by atoms with Gasteiger partial charge in [-0.3, -0.25) is 14.4 Å². The van der Waals surface area contributed by atoms with Gasteiger partial charge in [-0.2, -0.15) is 0 Å². The van der Waals surface area contributed by atoms with E-state index in [0.29, 0.717) is 11.3 Å². The molecule has 0 spiro atoms. The highest BCUT2D eigenvalue weighted by atomic mass is 16.2. The van der Waals surface area contributed by atoms with Crippen molar-refractivity contribution in [1.82, 2.24) is 0 Å². The quantitative estimate of drug-likeness (QED) is 0.618. The monoisotopic (exact) mass is 400 g/mol. The van der Waals surface area contributed by atoms with Gasteiger partial charge in [0.05, 0.1) is 23.1 Å². The van der Waals surface area contributed by atoms with Crippen LogP contribution < -0.4 is 10.2 Å². The SMILES string of the molecule is CC1=C[C@@H]2C[C@@H]1[C@@H]1C(=O)N(c3ccccc3C(=O)Nc3cccc(C)c3C)C(=O)[C@@H]12. The highest BCUT2D eigenvalue weighted by molar-refractivity contribution is 6.25. The van der Waals surface area contributed by atoms with Gasteiger partial charge in [-0.15, -0.1) is 0 Å². The fourth-order valence-electron chi connectivity index (χ4n) is 5.45. The first-order chi connectivity index (χ1) is 14.4. The standard InChI is InChI=1S/C25H24N2O3/c1-13-7-6-9-19(15(13)3)26-23(28)17-8-4-5-10-20(17)27-24(29)21-16-11-14(2)18(12-16)22(21)25(27)30/h4-11,16,18,21-22H,12H2,1-3H3,(H,26,28)/t16-,18+,21-,22+/m1/s1. The van der Waals surface area contributed by atoms with Crippen molar-refractivity contribution in [2.75, 3.05) is 10.2 Å². The number of imide groups is 1. The number of aryl methyl sites for hydroxylation is 1. The van der Waals surface area contributed by atoms with Gasteiger partial charge >= 0.3 is 0 Å². The Hall–Kier alpha value is -3.21. The van der Waals surface area contributed by atoms with Gasteiger partial charge in [-0.1, -0.05) is 35.9 Å². The zero-order chi connectivity index (χ0) is 21.2. The van der Waals surface area contributed by atoms with Gasteiger partial charge in [0.2, 0.25) is 11.8 Å². The van der Waals surface area contributed by atoms with Crippen LogP contribution in [0, 0.1) is 37.5 Å². The molecular weight excluding hydrogens is 376 g/mol. The Labute approximate surface area is 175 Å². The fraction of sp³-hybridized carbons (Fsp3) is 0.320. The van der Waals surface area contributed by atoms with Crippen LogP contribution in [-0.4, -0.2) is 17.7 Å². The third-order valence-electron chi connectivity index (χ3n) is 7.12. The van der Waals surface area contributed by atoms with Crippen molar-refractivity contribution in [3.63, 3.8) is 0 Å². The minimum atomic E-state index is -0.325. The fourth-order valence-corrected chi connectivity index (χ4v) is 5.45. The van der Waals surface area contributed by atoms with Crippen molar-refractivity contribution >= 4 is 29.1 Å². The van der Waals surface area contributed by atoms with Gasteiger partial charge in [0, 0.05) is 5.69 Å². The molecule has 0 unspecified atom stereocenters. The Morgan fingerprint density at radius 2 is 1.70 bits per heavy atom. The van der Waals surface area contributed by atoms with E-state index in [2.05, 4.69) is 11.4 Å². The van der Waals surface area contributed by atoms with Crippen molar-refractivity contribution in [3.8, 4) is 0 Å². The molecule has 0 aromatic heterocycles. The lowest BCUT2D eigenvalue weighted by atomic mass is 9.82. The molecule has 0 radical (unpaired) electrons. The summed E-state index contributed by atoms with van der Waals surface area (Å²) in [5.41, 5.74) is 4.72. The number of para-hydroxylation sites is 1. The van der Waals surface area contributed by atoms with Crippen LogP contribution >= 0.6 is 0 Å². The van der Waals surface area contributed by atoms with E-state index in [1.165, 1.54) is 10.5 Å². The summed E-state index contributed by atoms with van der Waals surface area (Å²) < 4.78 is 0. The van der Waals surface area contributed by atoms with Crippen molar-refractivity contribution in [2.45, 2.75) is 27.2 Å². The predicted molar refractivity (Wildman–Crippen MR) is 115 cm³/mol. The molecule has 2 fully saturated rings. The number of hydrogen-bond donors (Lipinski definition) is 1. The molecule has 3 amide bonds. The number of rotatable bonds is 3. The van der Waals surface area contributed by atoms with Crippen LogP contribution in [0.5, 0.6) is 0 Å². The molecule has 5 rings (SSSR count). The zero-order valence-electron chi connectivity index (χ0n) is 17.3. The summed E-state index contributed by atoms with van der Waals surface area (Å²) in [7, 11) is 0. The van der Waals surface area contributed by atoms with Gasteiger partial charge in [0.15, 0.2) is 0 Å². The second-order valence-electron chi connectivity index (χ2n) is 8.70. The van der Waals surface area contributed by atoms with Crippen LogP contribution in [0.1, 0.15) is 34.8 Å². The van der Waals surface area contributed by atoms with Crippen molar-refractivity contribution in [2.24, 2.45) is 23.7 Å². The molecule has 2 aliphatic carbocycles. The van der Waals surface area contributed by atoms with Crippen LogP contribution in [0.4, 0.5) is 11.4 Å². The average molecular weight is 400 g/mol. The molecule has 5 nitrogen and oxygen atoms in total. The number of nitrogens with zero attached hydrogens (tertiary/aromatic N) is 1. The maximum Gasteiger partial charge on any atom is 0.257 e. The summed E-state index contributed by atoms with van der Waals surface area (Å²) >= 11 is 0. The summed E-state index contributed by atoms with van der Waals surface area (Å²) in [6.45, 7) is 5.99. The minimum absolute atomic E-state index is 0.136. The summed E-state index contributed by atoms with van der Waals surface area (Å²) in [5, 5.41) is 2.95. The number of amides is 3. The molecule has 2 aromatic rings. The van der Waals surface area contributed by atoms with Gasteiger partial charge in [0.1, 0.15) is 0 Å². The summed E-state index contributed by atoms with van der Waals surface area (Å²) in [5.74, 6) is -0.960. The van der Waals surface area contributed by atoms with Gasteiger partial charge in [-0.25, -0.2) is 4.90 Å². The Balaban J connectivity index is 1.49. The summed E-state index contributed by atoms with van der Waals surface area (Å²) in [6, 6.07) is 12.6. The molecule has 152 valence electrons. The van der Waals surface area contributed by atoms with Crippen LogP contribution in [0.25, 0.3) is 0 Å². The number of benzene rings is 2. The number of fused-ring (bicyclic) bond motifs is 5. The molecule has 3 aliphatic rings. The van der Waals surface area contributed by atoms with E-state index in [9.17, 15) is 14.4 Å². The molecule has 2 bridgehead atoms. The van der Waals surface area contributed by atoms with Crippen LogP contribution in [0.3, 0.4) is 0 Å². The topological polar surface area (TPSA) is 66.5 Å². The number of nitrogens with one attached hydrogen (secondary N) is 1. The van der Waals surface area contributed by atoms with Crippen molar-refractivity contribution in [1.29, 1.82) is 0 Å². The van der Waals surface area contributed by atoms with E-state index in [-0.39, 0.29) is 41.4 Å². The first-order valence-corrected chi connectivity index (χ1v) is 10.4. The minimum Gasteiger partial charge on any atom is -0.322 e. The highest BCUT2D eigenvalue weighted by Crippen LogP contribution is 2.56. The number of allylic oxidation sites excluding steroid dienone is 2. The lowest BCUT2D eigenvalue weighted by molar-refractivity contribution is -0.123. The maximum absolute atomic E-state index is 13.3. The van der Waals surface area contributed by atoms with E-state index >= 15 is 0 Å². The Bertz CT molecular complexity index is 1130. The largest absolute Gasteiger partial charge is 0.322 e. The lowest BCUT2D eigenvalue weighted by Crippen LogP contribution is -2.34. The molecule has 1 aliphatic heterocycles. The van der Waals surface area contributed by atoms with Gasteiger partial charge < -0.3 is 5.32 Å². The zero-order valence-corrected chi connectivity index (χ0v) is 17.3. The molecule has 30 heavy (non-hydrogen) atoms. The van der Waals surface area contributed by atoms with Crippen LogP contribution in [0.2, 0.25) is 0 Å². The van der Waals surface area contributed by atoms with E-state index in [0.717, 1.165) is 23.2 Å². The number of carbonyl (C=O) groups excluding carboxylic acids is 3.